The zero-order valence-electron chi connectivity index (χ0n) is 4.18. The first kappa shape index (κ1) is 3.87. The standard InChI is InChI=1S/C5H9NO/c1-2-7-5-3-4(5)6-1/h4-6H,1-3H2/t4-,5+/m0/s1. The Morgan fingerprint density at radius 1 is 1.57 bits per heavy atom. The van der Waals surface area contributed by atoms with Crippen molar-refractivity contribution in [2.75, 3.05) is 13.2 Å². The van der Waals surface area contributed by atoms with Crippen molar-refractivity contribution in [2.24, 2.45) is 0 Å². The molecule has 40 valence electrons. The highest BCUT2D eigenvalue weighted by Gasteiger charge is 2.39. The molecule has 0 radical (unpaired) electrons. The summed E-state index contributed by atoms with van der Waals surface area (Å²) in [5, 5.41) is 3.33. The van der Waals surface area contributed by atoms with Gasteiger partial charge < -0.3 is 10.1 Å². The molecule has 0 unspecified atom stereocenters. The quantitative estimate of drug-likeness (QED) is 0.452. The topological polar surface area (TPSA) is 21.3 Å². The minimum Gasteiger partial charge on any atom is -0.375 e. The normalized spacial score (nSPS) is 48.0. The summed E-state index contributed by atoms with van der Waals surface area (Å²) < 4.78 is 5.29. The molecule has 1 saturated carbocycles. The summed E-state index contributed by atoms with van der Waals surface area (Å²) in [6.45, 7) is 1.97. The monoisotopic (exact) mass is 99.1 g/mol. The van der Waals surface area contributed by atoms with Gasteiger partial charge in [0.2, 0.25) is 0 Å². The van der Waals surface area contributed by atoms with Crippen molar-refractivity contribution in [1.82, 2.24) is 5.32 Å². The third kappa shape index (κ3) is 0.545. The van der Waals surface area contributed by atoms with E-state index in [1.807, 2.05) is 0 Å². The maximum atomic E-state index is 5.29. The van der Waals surface area contributed by atoms with E-state index in [9.17, 15) is 0 Å². The van der Waals surface area contributed by atoms with Gasteiger partial charge in [0.25, 0.3) is 0 Å². The van der Waals surface area contributed by atoms with Crippen molar-refractivity contribution in [3.8, 4) is 0 Å². The third-order valence-corrected chi connectivity index (χ3v) is 1.57. The number of hydrogen-bond donors (Lipinski definition) is 1. The van der Waals surface area contributed by atoms with E-state index < -0.39 is 0 Å². The lowest BCUT2D eigenvalue weighted by Crippen LogP contribution is -2.30. The van der Waals surface area contributed by atoms with Crippen LogP contribution >= 0.6 is 0 Å². The Labute approximate surface area is 42.9 Å². The molecule has 1 aliphatic carbocycles. The van der Waals surface area contributed by atoms with Crippen molar-refractivity contribution >= 4 is 0 Å². The van der Waals surface area contributed by atoms with Crippen LogP contribution in [0, 0.1) is 0 Å². The summed E-state index contributed by atoms with van der Waals surface area (Å²) in [5.74, 6) is 0. The highest BCUT2D eigenvalue weighted by atomic mass is 16.5. The van der Waals surface area contributed by atoms with E-state index in [2.05, 4.69) is 5.32 Å². The van der Waals surface area contributed by atoms with Gasteiger partial charge in [-0.25, -0.2) is 0 Å². The number of fused-ring (bicyclic) bond motifs is 1. The predicted molar refractivity (Wildman–Crippen MR) is 26.1 cm³/mol. The molecule has 0 bridgehead atoms. The van der Waals surface area contributed by atoms with E-state index in [-0.39, 0.29) is 0 Å². The lowest BCUT2D eigenvalue weighted by molar-refractivity contribution is 0.0922. The lowest BCUT2D eigenvalue weighted by Gasteiger charge is -2.09. The average Bonchev–Trinajstić information content (AvgIpc) is 2.41. The van der Waals surface area contributed by atoms with E-state index in [0.29, 0.717) is 6.10 Å². The van der Waals surface area contributed by atoms with Crippen molar-refractivity contribution < 1.29 is 4.74 Å². The Hall–Kier alpha value is -0.0800. The van der Waals surface area contributed by atoms with Crippen LogP contribution in [-0.2, 0) is 4.74 Å². The number of rotatable bonds is 0. The van der Waals surface area contributed by atoms with E-state index in [1.165, 1.54) is 6.42 Å². The van der Waals surface area contributed by atoms with Crippen LogP contribution < -0.4 is 5.32 Å². The highest BCUT2D eigenvalue weighted by Crippen LogP contribution is 2.26. The summed E-state index contributed by atoms with van der Waals surface area (Å²) in [7, 11) is 0. The summed E-state index contributed by atoms with van der Waals surface area (Å²) in [4.78, 5) is 0. The van der Waals surface area contributed by atoms with Gasteiger partial charge in [-0.2, -0.15) is 0 Å². The van der Waals surface area contributed by atoms with Crippen molar-refractivity contribution in [2.45, 2.75) is 18.6 Å². The first-order valence-corrected chi connectivity index (χ1v) is 2.82. The minimum atomic E-state index is 0.591. The molecule has 2 atom stereocenters. The summed E-state index contributed by atoms with van der Waals surface area (Å²) in [5.41, 5.74) is 0. The van der Waals surface area contributed by atoms with Gasteiger partial charge in [-0.05, 0) is 6.42 Å². The van der Waals surface area contributed by atoms with E-state index >= 15 is 0 Å². The zero-order valence-corrected chi connectivity index (χ0v) is 4.18. The van der Waals surface area contributed by atoms with Gasteiger partial charge in [0, 0.05) is 12.6 Å². The van der Waals surface area contributed by atoms with Crippen molar-refractivity contribution in [3.63, 3.8) is 0 Å². The number of nitrogens with one attached hydrogen (secondary N) is 1. The van der Waals surface area contributed by atoms with Crippen molar-refractivity contribution in [3.05, 3.63) is 0 Å². The molecule has 7 heavy (non-hydrogen) atoms. The smallest absolute Gasteiger partial charge is 0.0745 e. The molecule has 2 rings (SSSR count). The third-order valence-electron chi connectivity index (χ3n) is 1.57. The molecule has 0 aromatic heterocycles. The first-order chi connectivity index (χ1) is 3.47. The fourth-order valence-electron chi connectivity index (χ4n) is 1.03. The van der Waals surface area contributed by atoms with Gasteiger partial charge in [-0.15, -0.1) is 0 Å². The molecular weight excluding hydrogens is 90.1 g/mol. The molecule has 1 heterocycles. The van der Waals surface area contributed by atoms with Crippen molar-refractivity contribution in [1.29, 1.82) is 0 Å². The average molecular weight is 99.1 g/mol. The minimum absolute atomic E-state index is 0.591. The second kappa shape index (κ2) is 1.20. The molecule has 1 aliphatic heterocycles. The Balaban J connectivity index is 1.95. The molecule has 0 spiro atoms. The predicted octanol–water partition coefficient (Wildman–Crippen LogP) is -0.253. The maximum Gasteiger partial charge on any atom is 0.0745 e. The van der Waals surface area contributed by atoms with Gasteiger partial charge in [-0.1, -0.05) is 0 Å². The highest BCUT2D eigenvalue weighted by molar-refractivity contribution is 4.96. The molecular formula is C5H9NO. The lowest BCUT2D eigenvalue weighted by atomic mass is 10.5. The Kier molecular flexibility index (Phi) is 0.664. The molecule has 0 aromatic rings. The van der Waals surface area contributed by atoms with Gasteiger partial charge in [0.05, 0.1) is 12.7 Å². The van der Waals surface area contributed by atoms with Crippen LogP contribution in [0.5, 0.6) is 0 Å². The first-order valence-electron chi connectivity index (χ1n) is 2.82. The molecule has 2 fully saturated rings. The molecule has 0 amide bonds. The Morgan fingerprint density at radius 2 is 2.57 bits per heavy atom. The zero-order chi connectivity index (χ0) is 4.69. The molecule has 2 heteroatoms. The van der Waals surface area contributed by atoms with E-state index in [4.69, 9.17) is 4.74 Å². The summed E-state index contributed by atoms with van der Waals surface area (Å²) in [6.07, 6.45) is 1.84. The molecule has 2 aliphatic rings. The van der Waals surface area contributed by atoms with E-state index in [0.717, 1.165) is 19.2 Å². The SMILES string of the molecule is C1CO[C@@H]2C[C@@H]2N1. The second-order valence-corrected chi connectivity index (χ2v) is 2.21. The second-order valence-electron chi connectivity index (χ2n) is 2.21. The van der Waals surface area contributed by atoms with E-state index in [1.54, 1.807) is 0 Å². The Morgan fingerprint density at radius 3 is 3.14 bits per heavy atom. The van der Waals surface area contributed by atoms with Gasteiger partial charge >= 0.3 is 0 Å². The van der Waals surface area contributed by atoms with Gasteiger partial charge in [-0.3, -0.25) is 0 Å². The summed E-state index contributed by atoms with van der Waals surface area (Å²) >= 11 is 0. The Bertz CT molecular complexity index is 74.1. The van der Waals surface area contributed by atoms with Crippen LogP contribution in [0.1, 0.15) is 6.42 Å². The molecule has 1 N–H and O–H groups in total. The van der Waals surface area contributed by atoms with Crippen LogP contribution in [0.2, 0.25) is 0 Å². The molecule has 2 nitrogen and oxygen atoms in total. The van der Waals surface area contributed by atoms with Crippen LogP contribution in [-0.4, -0.2) is 25.3 Å². The summed E-state index contributed by atoms with van der Waals surface area (Å²) in [6, 6.07) is 0.730. The maximum absolute atomic E-state index is 5.29. The number of morpholine rings is 1. The fourth-order valence-corrected chi connectivity index (χ4v) is 1.03. The number of hydrogen-bond acceptors (Lipinski definition) is 2. The molecule has 0 aromatic carbocycles. The van der Waals surface area contributed by atoms with Crippen LogP contribution in [0.3, 0.4) is 0 Å². The van der Waals surface area contributed by atoms with Crippen LogP contribution in [0.15, 0.2) is 0 Å². The van der Waals surface area contributed by atoms with Gasteiger partial charge in [0.15, 0.2) is 0 Å². The molecule has 1 saturated heterocycles. The van der Waals surface area contributed by atoms with Gasteiger partial charge in [0.1, 0.15) is 0 Å². The van der Waals surface area contributed by atoms with Crippen LogP contribution in [0.4, 0.5) is 0 Å². The number of ether oxygens (including phenoxy) is 1. The fraction of sp³-hybridized carbons (Fsp3) is 1.00. The van der Waals surface area contributed by atoms with Crippen LogP contribution in [0.25, 0.3) is 0 Å². The largest absolute Gasteiger partial charge is 0.375 e.